The van der Waals surface area contributed by atoms with Gasteiger partial charge in [-0.1, -0.05) is 13.3 Å². The van der Waals surface area contributed by atoms with Crippen LogP contribution in [0.15, 0.2) is 12.4 Å². The minimum absolute atomic E-state index is 0.0954. The highest BCUT2D eigenvalue weighted by Gasteiger charge is 2.34. The molecule has 1 saturated carbocycles. The monoisotopic (exact) mass is 235 g/mol. The van der Waals surface area contributed by atoms with Crippen molar-refractivity contribution in [2.24, 2.45) is 17.6 Å². The maximum Gasteiger partial charge on any atom is 0.201 e. The van der Waals surface area contributed by atoms with Crippen molar-refractivity contribution in [3.05, 3.63) is 18.2 Å². The minimum atomic E-state index is 0.0954. The van der Waals surface area contributed by atoms with E-state index in [-0.39, 0.29) is 11.7 Å². The van der Waals surface area contributed by atoms with Crippen molar-refractivity contribution in [3.63, 3.8) is 0 Å². The number of carbonyl (C=O) groups is 1. The number of imidazole rings is 1. The summed E-state index contributed by atoms with van der Waals surface area (Å²) in [6.07, 6.45) is 7.80. The van der Waals surface area contributed by atoms with Crippen LogP contribution in [0.2, 0.25) is 0 Å². The molecule has 0 amide bonds. The number of Topliss-reactive ketones (excluding diaryl/α,β-unsaturated/α-hetero) is 1. The number of hydrogen-bond acceptors (Lipinski definition) is 3. The molecule has 2 unspecified atom stereocenters. The smallest absolute Gasteiger partial charge is 0.201 e. The zero-order valence-corrected chi connectivity index (χ0v) is 10.4. The van der Waals surface area contributed by atoms with E-state index in [0.717, 1.165) is 32.2 Å². The molecule has 1 aromatic rings. The van der Waals surface area contributed by atoms with E-state index < -0.39 is 0 Å². The maximum absolute atomic E-state index is 12.4. The van der Waals surface area contributed by atoms with E-state index in [1.807, 2.05) is 10.8 Å². The van der Waals surface area contributed by atoms with Crippen molar-refractivity contribution in [1.29, 1.82) is 0 Å². The quantitative estimate of drug-likeness (QED) is 0.792. The summed E-state index contributed by atoms with van der Waals surface area (Å²) in [4.78, 5) is 16.7. The second-order valence-corrected chi connectivity index (χ2v) is 4.84. The maximum atomic E-state index is 12.4. The Morgan fingerprint density at radius 1 is 1.59 bits per heavy atom. The molecular weight excluding hydrogens is 214 g/mol. The molecule has 0 radical (unpaired) electrons. The van der Waals surface area contributed by atoms with Crippen molar-refractivity contribution in [3.8, 4) is 0 Å². The van der Waals surface area contributed by atoms with E-state index in [0.29, 0.717) is 18.3 Å². The van der Waals surface area contributed by atoms with Gasteiger partial charge in [-0.3, -0.25) is 4.79 Å². The molecular formula is C13H21N3O. The van der Waals surface area contributed by atoms with E-state index in [9.17, 15) is 4.79 Å². The summed E-state index contributed by atoms with van der Waals surface area (Å²) >= 11 is 0. The first kappa shape index (κ1) is 12.3. The summed E-state index contributed by atoms with van der Waals surface area (Å²) in [6.45, 7) is 3.58. The number of hydrogen-bond donors (Lipinski definition) is 1. The van der Waals surface area contributed by atoms with E-state index in [4.69, 9.17) is 5.73 Å². The number of aryl methyl sites for hydroxylation is 1. The highest BCUT2D eigenvalue weighted by molar-refractivity contribution is 5.95. The van der Waals surface area contributed by atoms with Gasteiger partial charge in [0.05, 0.1) is 0 Å². The first-order chi connectivity index (χ1) is 8.27. The van der Waals surface area contributed by atoms with Gasteiger partial charge in [-0.25, -0.2) is 4.98 Å². The molecule has 0 saturated heterocycles. The normalized spacial score (nSPS) is 24.1. The first-order valence-electron chi connectivity index (χ1n) is 6.53. The van der Waals surface area contributed by atoms with Crippen LogP contribution in [0.4, 0.5) is 0 Å². The van der Waals surface area contributed by atoms with Gasteiger partial charge in [0.15, 0.2) is 5.82 Å². The Labute approximate surface area is 102 Å². The Kier molecular flexibility index (Phi) is 3.94. The third-order valence-electron chi connectivity index (χ3n) is 3.70. The Morgan fingerprint density at radius 3 is 3.12 bits per heavy atom. The molecule has 1 aliphatic rings. The van der Waals surface area contributed by atoms with E-state index in [1.165, 1.54) is 0 Å². The second kappa shape index (κ2) is 5.45. The Hall–Kier alpha value is -1.16. The highest BCUT2D eigenvalue weighted by atomic mass is 16.1. The minimum Gasteiger partial charge on any atom is -0.330 e. The number of nitrogens with two attached hydrogens (primary N) is 1. The van der Waals surface area contributed by atoms with Crippen LogP contribution in [0.3, 0.4) is 0 Å². The van der Waals surface area contributed by atoms with E-state index in [1.54, 1.807) is 6.20 Å². The standard InChI is InChI=1S/C13H21N3O/c1-2-7-16-8-6-15-13(16)12(17)11-5-3-4-10(11)9-14/h6,8,10-11H,2-5,7,9,14H2,1H3. The zero-order chi connectivity index (χ0) is 12.3. The van der Waals surface area contributed by atoms with Crippen molar-refractivity contribution in [1.82, 2.24) is 9.55 Å². The molecule has 4 nitrogen and oxygen atoms in total. The Morgan fingerprint density at radius 2 is 2.41 bits per heavy atom. The fraction of sp³-hybridized carbons (Fsp3) is 0.692. The molecule has 0 spiro atoms. The third kappa shape index (κ3) is 2.41. The van der Waals surface area contributed by atoms with Gasteiger partial charge in [-0.15, -0.1) is 0 Å². The summed E-state index contributed by atoms with van der Waals surface area (Å²) in [5, 5.41) is 0. The molecule has 1 heterocycles. The fourth-order valence-electron chi connectivity index (χ4n) is 2.79. The van der Waals surface area contributed by atoms with Crippen LogP contribution in [-0.4, -0.2) is 21.9 Å². The fourth-order valence-corrected chi connectivity index (χ4v) is 2.79. The molecule has 0 aliphatic heterocycles. The van der Waals surface area contributed by atoms with Gasteiger partial charge in [0.2, 0.25) is 5.78 Å². The molecule has 1 aliphatic carbocycles. The molecule has 0 bridgehead atoms. The Balaban J connectivity index is 2.15. The largest absolute Gasteiger partial charge is 0.330 e. The van der Waals surface area contributed by atoms with E-state index >= 15 is 0 Å². The molecule has 2 rings (SSSR count). The van der Waals surface area contributed by atoms with Crippen molar-refractivity contribution >= 4 is 5.78 Å². The van der Waals surface area contributed by atoms with Crippen LogP contribution in [0.5, 0.6) is 0 Å². The number of ketones is 1. The summed E-state index contributed by atoms with van der Waals surface area (Å²) in [6, 6.07) is 0. The van der Waals surface area contributed by atoms with Crippen LogP contribution in [0.25, 0.3) is 0 Å². The Bertz CT molecular complexity index is 386. The number of rotatable bonds is 5. The summed E-state index contributed by atoms with van der Waals surface area (Å²) in [5.74, 6) is 1.26. The highest BCUT2D eigenvalue weighted by Crippen LogP contribution is 2.33. The van der Waals surface area contributed by atoms with Crippen molar-refractivity contribution < 1.29 is 4.79 Å². The third-order valence-corrected chi connectivity index (χ3v) is 3.70. The molecule has 2 atom stereocenters. The second-order valence-electron chi connectivity index (χ2n) is 4.84. The summed E-state index contributed by atoms with van der Waals surface area (Å²) < 4.78 is 1.97. The lowest BCUT2D eigenvalue weighted by atomic mass is 9.91. The van der Waals surface area contributed by atoms with Gasteiger partial charge in [0.25, 0.3) is 0 Å². The van der Waals surface area contributed by atoms with Crippen LogP contribution in [0, 0.1) is 11.8 Å². The lowest BCUT2D eigenvalue weighted by Crippen LogP contribution is -2.27. The van der Waals surface area contributed by atoms with Crippen molar-refractivity contribution in [2.75, 3.05) is 6.54 Å². The number of nitrogens with zero attached hydrogens (tertiary/aromatic N) is 2. The average molecular weight is 235 g/mol. The van der Waals surface area contributed by atoms with Gasteiger partial charge in [-0.05, 0) is 31.7 Å². The molecule has 2 N–H and O–H groups in total. The lowest BCUT2D eigenvalue weighted by molar-refractivity contribution is 0.0878. The van der Waals surface area contributed by atoms with Crippen LogP contribution in [-0.2, 0) is 6.54 Å². The zero-order valence-electron chi connectivity index (χ0n) is 10.4. The van der Waals surface area contributed by atoms with Gasteiger partial charge in [-0.2, -0.15) is 0 Å². The molecule has 1 aromatic heterocycles. The van der Waals surface area contributed by atoms with Crippen molar-refractivity contribution in [2.45, 2.75) is 39.2 Å². The number of aromatic nitrogens is 2. The van der Waals surface area contributed by atoms with Crippen LogP contribution >= 0.6 is 0 Å². The first-order valence-corrected chi connectivity index (χ1v) is 6.53. The van der Waals surface area contributed by atoms with Gasteiger partial charge in [0, 0.05) is 24.9 Å². The van der Waals surface area contributed by atoms with E-state index in [2.05, 4.69) is 11.9 Å². The summed E-state index contributed by atoms with van der Waals surface area (Å²) in [7, 11) is 0. The topological polar surface area (TPSA) is 60.9 Å². The lowest BCUT2D eigenvalue weighted by Gasteiger charge is -2.16. The van der Waals surface area contributed by atoms with Crippen LogP contribution in [0.1, 0.15) is 43.2 Å². The molecule has 94 valence electrons. The molecule has 17 heavy (non-hydrogen) atoms. The molecule has 1 fully saturated rings. The van der Waals surface area contributed by atoms with Crippen LogP contribution < -0.4 is 5.73 Å². The molecule has 0 aromatic carbocycles. The SMILES string of the molecule is CCCn1ccnc1C(=O)C1CCCC1CN. The molecule has 4 heteroatoms. The number of carbonyl (C=O) groups excluding carboxylic acids is 1. The average Bonchev–Trinajstić information content (AvgIpc) is 2.96. The summed E-state index contributed by atoms with van der Waals surface area (Å²) in [5.41, 5.74) is 5.73. The van der Waals surface area contributed by atoms with Gasteiger partial charge in [0.1, 0.15) is 0 Å². The van der Waals surface area contributed by atoms with Gasteiger partial charge < -0.3 is 10.3 Å². The predicted molar refractivity (Wildman–Crippen MR) is 66.7 cm³/mol. The predicted octanol–water partition coefficient (Wildman–Crippen LogP) is 1.85. The van der Waals surface area contributed by atoms with Gasteiger partial charge >= 0.3 is 0 Å².